The predicted molar refractivity (Wildman–Crippen MR) is 104 cm³/mol. The molecule has 0 atom stereocenters. The fraction of sp³-hybridized carbons (Fsp3) is 0.364. The summed E-state index contributed by atoms with van der Waals surface area (Å²) in [5, 5.41) is 9.01. The highest BCUT2D eigenvalue weighted by molar-refractivity contribution is 5.62. The van der Waals surface area contributed by atoms with Crippen molar-refractivity contribution in [3.05, 3.63) is 60.7 Å². The lowest BCUT2D eigenvalue weighted by atomic mass is 10.1. The lowest BCUT2D eigenvalue weighted by Gasteiger charge is -2.11. The quantitative estimate of drug-likeness (QED) is 0.451. The smallest absolute Gasteiger partial charge is 0.164 e. The first-order chi connectivity index (χ1) is 12.4. The van der Waals surface area contributed by atoms with Crippen LogP contribution in [0.3, 0.4) is 0 Å². The summed E-state index contributed by atoms with van der Waals surface area (Å²) in [7, 11) is 0. The van der Waals surface area contributed by atoms with Crippen LogP contribution in [0.4, 0.5) is 0 Å². The molecule has 3 aromatic rings. The maximum Gasteiger partial charge on any atom is 0.164 e. The highest BCUT2D eigenvalue weighted by Gasteiger charge is 2.14. The SMILES string of the molecule is CCCCCCCCn1c(-c2ccccc2)nnc1-c1ccccc1. The lowest BCUT2D eigenvalue weighted by molar-refractivity contribution is 0.561. The van der Waals surface area contributed by atoms with E-state index in [0.717, 1.165) is 29.3 Å². The molecular formula is C22H27N3. The van der Waals surface area contributed by atoms with Gasteiger partial charge in [0.25, 0.3) is 0 Å². The van der Waals surface area contributed by atoms with E-state index in [9.17, 15) is 0 Å². The minimum Gasteiger partial charge on any atom is -0.307 e. The zero-order valence-electron chi connectivity index (χ0n) is 15.1. The standard InChI is InChI=1S/C22H27N3/c1-2-3-4-5-6-13-18-25-21(19-14-9-7-10-15-19)23-24-22(25)20-16-11-8-12-17-20/h7-12,14-17H,2-6,13,18H2,1H3. The maximum absolute atomic E-state index is 4.50. The van der Waals surface area contributed by atoms with Gasteiger partial charge in [-0.05, 0) is 6.42 Å². The third-order valence-corrected chi connectivity index (χ3v) is 4.55. The Morgan fingerprint density at radius 2 is 1.12 bits per heavy atom. The topological polar surface area (TPSA) is 30.7 Å². The molecule has 0 unspecified atom stereocenters. The molecule has 0 saturated heterocycles. The third kappa shape index (κ3) is 4.56. The Hall–Kier alpha value is -2.42. The molecule has 0 bridgehead atoms. The van der Waals surface area contributed by atoms with Gasteiger partial charge in [0.05, 0.1) is 0 Å². The summed E-state index contributed by atoms with van der Waals surface area (Å²) < 4.78 is 2.28. The minimum atomic E-state index is 0.966. The molecule has 130 valence electrons. The van der Waals surface area contributed by atoms with Crippen molar-refractivity contribution in [3.8, 4) is 22.8 Å². The van der Waals surface area contributed by atoms with E-state index in [1.165, 1.54) is 38.5 Å². The number of hydrogen-bond acceptors (Lipinski definition) is 2. The summed E-state index contributed by atoms with van der Waals surface area (Å²) in [6, 6.07) is 20.7. The van der Waals surface area contributed by atoms with Crippen molar-refractivity contribution in [2.24, 2.45) is 0 Å². The number of aromatic nitrogens is 3. The van der Waals surface area contributed by atoms with Gasteiger partial charge in [-0.1, -0.05) is 99.7 Å². The molecule has 0 amide bonds. The van der Waals surface area contributed by atoms with Gasteiger partial charge in [0.1, 0.15) is 0 Å². The Morgan fingerprint density at radius 3 is 1.64 bits per heavy atom. The molecule has 0 spiro atoms. The number of rotatable bonds is 9. The van der Waals surface area contributed by atoms with Crippen LogP contribution in [0.15, 0.2) is 60.7 Å². The van der Waals surface area contributed by atoms with Gasteiger partial charge in [0.2, 0.25) is 0 Å². The molecule has 1 aromatic heterocycles. The van der Waals surface area contributed by atoms with Crippen LogP contribution in [-0.2, 0) is 6.54 Å². The summed E-state index contributed by atoms with van der Waals surface area (Å²) in [4.78, 5) is 0. The Morgan fingerprint density at radius 1 is 0.640 bits per heavy atom. The molecule has 0 radical (unpaired) electrons. The number of unbranched alkanes of at least 4 members (excludes halogenated alkanes) is 5. The zero-order chi connectivity index (χ0) is 17.3. The van der Waals surface area contributed by atoms with E-state index in [0.29, 0.717) is 0 Å². The molecule has 0 aliphatic heterocycles. The summed E-state index contributed by atoms with van der Waals surface area (Å²) >= 11 is 0. The molecule has 3 rings (SSSR count). The van der Waals surface area contributed by atoms with Crippen molar-refractivity contribution in [3.63, 3.8) is 0 Å². The highest BCUT2D eigenvalue weighted by atomic mass is 15.3. The van der Waals surface area contributed by atoms with Crippen LogP contribution < -0.4 is 0 Å². The molecule has 25 heavy (non-hydrogen) atoms. The Balaban J connectivity index is 1.80. The van der Waals surface area contributed by atoms with Gasteiger partial charge in [-0.15, -0.1) is 10.2 Å². The molecule has 0 aliphatic rings. The Bertz CT molecular complexity index is 690. The summed E-state index contributed by atoms with van der Waals surface area (Å²) in [6.07, 6.45) is 7.73. The van der Waals surface area contributed by atoms with E-state index < -0.39 is 0 Å². The predicted octanol–water partition coefficient (Wildman–Crippen LogP) is 5.97. The molecule has 0 fully saturated rings. The van der Waals surface area contributed by atoms with Crippen molar-refractivity contribution < 1.29 is 0 Å². The van der Waals surface area contributed by atoms with E-state index in [-0.39, 0.29) is 0 Å². The van der Waals surface area contributed by atoms with Crippen LogP contribution in [0.2, 0.25) is 0 Å². The average molecular weight is 333 g/mol. The second-order valence-corrected chi connectivity index (χ2v) is 6.50. The second-order valence-electron chi connectivity index (χ2n) is 6.50. The van der Waals surface area contributed by atoms with Gasteiger partial charge >= 0.3 is 0 Å². The largest absolute Gasteiger partial charge is 0.307 e. The van der Waals surface area contributed by atoms with Gasteiger partial charge in [0.15, 0.2) is 11.6 Å². The monoisotopic (exact) mass is 333 g/mol. The first-order valence-corrected chi connectivity index (χ1v) is 9.44. The number of benzene rings is 2. The van der Waals surface area contributed by atoms with E-state index in [1.54, 1.807) is 0 Å². The van der Waals surface area contributed by atoms with Gasteiger partial charge in [-0.3, -0.25) is 0 Å². The molecule has 2 aromatic carbocycles. The fourth-order valence-corrected chi connectivity index (χ4v) is 3.17. The average Bonchev–Trinajstić information content (AvgIpc) is 3.10. The summed E-state index contributed by atoms with van der Waals surface area (Å²) in [6.45, 7) is 3.23. The number of hydrogen-bond donors (Lipinski definition) is 0. The molecular weight excluding hydrogens is 306 g/mol. The van der Waals surface area contributed by atoms with Crippen LogP contribution >= 0.6 is 0 Å². The Kier molecular flexibility index (Phi) is 6.38. The first-order valence-electron chi connectivity index (χ1n) is 9.44. The van der Waals surface area contributed by atoms with E-state index in [1.807, 2.05) is 12.1 Å². The van der Waals surface area contributed by atoms with Gasteiger partial charge in [0, 0.05) is 17.7 Å². The zero-order valence-corrected chi connectivity index (χ0v) is 15.1. The van der Waals surface area contributed by atoms with Crippen molar-refractivity contribution in [1.29, 1.82) is 0 Å². The van der Waals surface area contributed by atoms with Gasteiger partial charge in [-0.25, -0.2) is 0 Å². The van der Waals surface area contributed by atoms with Crippen LogP contribution in [0.1, 0.15) is 45.4 Å². The van der Waals surface area contributed by atoms with Crippen molar-refractivity contribution in [2.45, 2.75) is 52.0 Å². The van der Waals surface area contributed by atoms with E-state index >= 15 is 0 Å². The molecule has 3 nitrogen and oxygen atoms in total. The van der Waals surface area contributed by atoms with Crippen molar-refractivity contribution >= 4 is 0 Å². The van der Waals surface area contributed by atoms with Crippen molar-refractivity contribution in [1.82, 2.24) is 14.8 Å². The maximum atomic E-state index is 4.50. The molecule has 0 aliphatic carbocycles. The normalized spacial score (nSPS) is 10.9. The van der Waals surface area contributed by atoms with E-state index in [4.69, 9.17) is 0 Å². The highest BCUT2D eigenvalue weighted by Crippen LogP contribution is 2.25. The first kappa shape index (κ1) is 17.4. The van der Waals surface area contributed by atoms with Crippen LogP contribution in [0, 0.1) is 0 Å². The fourth-order valence-electron chi connectivity index (χ4n) is 3.17. The summed E-state index contributed by atoms with van der Waals surface area (Å²) in [5.74, 6) is 1.93. The third-order valence-electron chi connectivity index (χ3n) is 4.55. The summed E-state index contributed by atoms with van der Waals surface area (Å²) in [5.41, 5.74) is 2.26. The van der Waals surface area contributed by atoms with Crippen molar-refractivity contribution in [2.75, 3.05) is 0 Å². The second kappa shape index (κ2) is 9.16. The molecule has 0 N–H and O–H groups in total. The Labute approximate surface area is 150 Å². The van der Waals surface area contributed by atoms with E-state index in [2.05, 4.69) is 70.2 Å². The van der Waals surface area contributed by atoms with Crippen LogP contribution in [0.25, 0.3) is 22.8 Å². The van der Waals surface area contributed by atoms with Crippen LogP contribution in [0.5, 0.6) is 0 Å². The molecule has 3 heteroatoms. The molecule has 0 saturated carbocycles. The lowest BCUT2D eigenvalue weighted by Crippen LogP contribution is -2.03. The minimum absolute atomic E-state index is 0.966. The number of nitrogens with zero attached hydrogens (tertiary/aromatic N) is 3. The molecule has 1 heterocycles. The van der Waals surface area contributed by atoms with Gasteiger partial charge in [-0.2, -0.15) is 0 Å². The van der Waals surface area contributed by atoms with Crippen LogP contribution in [-0.4, -0.2) is 14.8 Å². The van der Waals surface area contributed by atoms with Gasteiger partial charge < -0.3 is 4.57 Å².